The molecule has 0 aromatic heterocycles. The third-order valence-corrected chi connectivity index (χ3v) is 3.59. The van der Waals surface area contributed by atoms with E-state index < -0.39 is 17.6 Å². The number of hydrogen-bond acceptors (Lipinski definition) is 2. The molecule has 4 nitrogen and oxygen atoms in total. The second-order valence-electron chi connectivity index (χ2n) is 4.04. The highest BCUT2D eigenvalue weighted by atomic mass is 79.9. The van der Waals surface area contributed by atoms with Crippen LogP contribution in [0.1, 0.15) is 20.7 Å². The minimum absolute atomic E-state index is 0.158. The van der Waals surface area contributed by atoms with Crippen LogP contribution in [0, 0.1) is 5.82 Å². The molecule has 0 unspecified atom stereocenters. The Balaban J connectivity index is 2.00. The lowest BCUT2D eigenvalue weighted by Crippen LogP contribution is -2.41. The predicted molar refractivity (Wildman–Crippen MR) is 83.2 cm³/mol. The molecule has 0 aliphatic carbocycles. The zero-order valence-corrected chi connectivity index (χ0v) is 13.7. The van der Waals surface area contributed by atoms with E-state index in [0.717, 1.165) is 4.47 Å². The van der Waals surface area contributed by atoms with Crippen molar-refractivity contribution in [1.29, 1.82) is 0 Å². The SMILES string of the molecule is O=C(NNC(=O)c1ccc(Br)cc1F)c1ccc(Br)cc1. The van der Waals surface area contributed by atoms with Gasteiger partial charge >= 0.3 is 0 Å². The van der Waals surface area contributed by atoms with Gasteiger partial charge in [-0.05, 0) is 42.5 Å². The lowest BCUT2D eigenvalue weighted by Gasteiger charge is -2.08. The van der Waals surface area contributed by atoms with E-state index in [0.29, 0.717) is 10.0 Å². The van der Waals surface area contributed by atoms with Crippen LogP contribution in [-0.4, -0.2) is 11.8 Å². The molecule has 0 fully saturated rings. The van der Waals surface area contributed by atoms with Crippen LogP contribution in [-0.2, 0) is 0 Å². The predicted octanol–water partition coefficient (Wildman–Crippen LogP) is 3.43. The zero-order valence-electron chi connectivity index (χ0n) is 10.5. The van der Waals surface area contributed by atoms with Crippen molar-refractivity contribution >= 4 is 43.7 Å². The van der Waals surface area contributed by atoms with E-state index >= 15 is 0 Å². The monoisotopic (exact) mass is 414 g/mol. The smallest absolute Gasteiger partial charge is 0.267 e. The molecular weight excluding hydrogens is 407 g/mol. The third-order valence-electron chi connectivity index (χ3n) is 2.57. The highest BCUT2D eigenvalue weighted by Gasteiger charge is 2.13. The Kier molecular flexibility index (Phi) is 5.08. The summed E-state index contributed by atoms with van der Waals surface area (Å²) < 4.78 is 14.9. The summed E-state index contributed by atoms with van der Waals surface area (Å²) in [6.07, 6.45) is 0. The van der Waals surface area contributed by atoms with Crippen molar-refractivity contribution in [2.75, 3.05) is 0 Å². The number of hydrazine groups is 1. The van der Waals surface area contributed by atoms with E-state index in [9.17, 15) is 14.0 Å². The Morgan fingerprint density at radius 1 is 0.857 bits per heavy atom. The first-order valence-electron chi connectivity index (χ1n) is 5.78. The van der Waals surface area contributed by atoms with E-state index in [2.05, 4.69) is 42.7 Å². The van der Waals surface area contributed by atoms with Gasteiger partial charge in [0.05, 0.1) is 5.56 Å². The molecule has 108 valence electrons. The number of halogens is 3. The molecule has 0 saturated carbocycles. The van der Waals surface area contributed by atoms with Gasteiger partial charge in [0.15, 0.2) is 0 Å². The molecule has 2 amide bonds. The maximum absolute atomic E-state index is 13.6. The number of nitrogens with one attached hydrogen (secondary N) is 2. The van der Waals surface area contributed by atoms with Crippen LogP contribution in [0.15, 0.2) is 51.4 Å². The Hall–Kier alpha value is -1.73. The van der Waals surface area contributed by atoms with Crippen LogP contribution in [0.4, 0.5) is 4.39 Å². The molecule has 21 heavy (non-hydrogen) atoms. The highest BCUT2D eigenvalue weighted by molar-refractivity contribution is 9.10. The van der Waals surface area contributed by atoms with Crippen molar-refractivity contribution in [3.63, 3.8) is 0 Å². The van der Waals surface area contributed by atoms with Crippen LogP contribution in [0.3, 0.4) is 0 Å². The van der Waals surface area contributed by atoms with E-state index in [-0.39, 0.29) is 5.56 Å². The minimum Gasteiger partial charge on any atom is -0.267 e. The van der Waals surface area contributed by atoms with E-state index in [1.54, 1.807) is 24.3 Å². The number of amides is 2. The normalized spacial score (nSPS) is 10.0. The summed E-state index contributed by atoms with van der Waals surface area (Å²) in [7, 11) is 0. The summed E-state index contributed by atoms with van der Waals surface area (Å²) in [6.45, 7) is 0. The van der Waals surface area contributed by atoms with Crippen molar-refractivity contribution in [2.45, 2.75) is 0 Å². The first-order chi connectivity index (χ1) is 9.97. The van der Waals surface area contributed by atoms with E-state index in [1.165, 1.54) is 18.2 Å². The van der Waals surface area contributed by atoms with Crippen LogP contribution in [0.2, 0.25) is 0 Å². The van der Waals surface area contributed by atoms with Crippen molar-refractivity contribution in [3.05, 3.63) is 68.4 Å². The summed E-state index contributed by atoms with van der Waals surface area (Å²) >= 11 is 6.35. The van der Waals surface area contributed by atoms with Gasteiger partial charge in [0.1, 0.15) is 5.82 Å². The summed E-state index contributed by atoms with van der Waals surface area (Å²) in [6, 6.07) is 10.6. The number of hydrogen-bond donors (Lipinski definition) is 2. The van der Waals surface area contributed by atoms with Crippen LogP contribution in [0.5, 0.6) is 0 Å². The zero-order chi connectivity index (χ0) is 15.4. The quantitative estimate of drug-likeness (QED) is 0.738. The second-order valence-corrected chi connectivity index (χ2v) is 5.87. The average molecular weight is 416 g/mol. The first-order valence-corrected chi connectivity index (χ1v) is 7.37. The molecule has 0 aliphatic rings. The van der Waals surface area contributed by atoms with Gasteiger partial charge in [0.2, 0.25) is 0 Å². The van der Waals surface area contributed by atoms with Crippen molar-refractivity contribution in [1.82, 2.24) is 10.9 Å². The van der Waals surface area contributed by atoms with Crippen LogP contribution < -0.4 is 10.9 Å². The first kappa shape index (κ1) is 15.7. The molecule has 7 heteroatoms. The number of carbonyl (C=O) groups is 2. The van der Waals surface area contributed by atoms with Gasteiger partial charge in [0, 0.05) is 14.5 Å². The molecule has 0 saturated heterocycles. The summed E-state index contributed by atoms with van der Waals surface area (Å²) in [5, 5.41) is 0. The molecule has 0 spiro atoms. The molecule has 2 N–H and O–H groups in total. The summed E-state index contributed by atoms with van der Waals surface area (Å²) in [5.41, 5.74) is 4.61. The van der Waals surface area contributed by atoms with E-state index in [1.807, 2.05) is 0 Å². The maximum atomic E-state index is 13.6. The molecule has 2 rings (SSSR count). The lowest BCUT2D eigenvalue weighted by atomic mass is 10.2. The fourth-order valence-corrected chi connectivity index (χ4v) is 2.13. The molecule has 2 aromatic rings. The van der Waals surface area contributed by atoms with Gasteiger partial charge in [-0.25, -0.2) is 4.39 Å². The Morgan fingerprint density at radius 3 is 2.05 bits per heavy atom. The second kappa shape index (κ2) is 6.82. The summed E-state index contributed by atoms with van der Waals surface area (Å²) in [5.74, 6) is -1.90. The van der Waals surface area contributed by atoms with Gasteiger partial charge in [-0.15, -0.1) is 0 Å². The van der Waals surface area contributed by atoms with Gasteiger partial charge in [-0.3, -0.25) is 20.4 Å². The fourth-order valence-electron chi connectivity index (χ4n) is 1.53. The topological polar surface area (TPSA) is 58.2 Å². The minimum atomic E-state index is -0.731. The molecule has 2 aromatic carbocycles. The summed E-state index contributed by atoms with van der Waals surface area (Å²) in [4.78, 5) is 23.6. The standard InChI is InChI=1S/C14H9Br2FN2O2/c15-9-3-1-8(2-4-9)13(20)18-19-14(21)11-6-5-10(16)7-12(11)17/h1-7H,(H,18,20)(H,19,21). The van der Waals surface area contributed by atoms with Gasteiger partial charge in [-0.1, -0.05) is 31.9 Å². The molecule has 0 radical (unpaired) electrons. The fraction of sp³-hybridized carbons (Fsp3) is 0. The Bertz CT molecular complexity index is 690. The molecule has 0 aliphatic heterocycles. The van der Waals surface area contributed by atoms with Crippen LogP contribution in [0.25, 0.3) is 0 Å². The lowest BCUT2D eigenvalue weighted by molar-refractivity contribution is 0.0844. The van der Waals surface area contributed by atoms with Crippen LogP contribution >= 0.6 is 31.9 Å². The largest absolute Gasteiger partial charge is 0.272 e. The molecule has 0 atom stereocenters. The molecular formula is C14H9Br2FN2O2. The van der Waals surface area contributed by atoms with Crippen molar-refractivity contribution < 1.29 is 14.0 Å². The van der Waals surface area contributed by atoms with Gasteiger partial charge < -0.3 is 0 Å². The number of benzene rings is 2. The molecule has 0 heterocycles. The maximum Gasteiger partial charge on any atom is 0.272 e. The number of carbonyl (C=O) groups excluding carboxylic acids is 2. The average Bonchev–Trinajstić information content (AvgIpc) is 2.45. The Morgan fingerprint density at radius 2 is 1.43 bits per heavy atom. The number of rotatable bonds is 2. The van der Waals surface area contributed by atoms with Crippen molar-refractivity contribution in [2.24, 2.45) is 0 Å². The highest BCUT2D eigenvalue weighted by Crippen LogP contribution is 2.15. The van der Waals surface area contributed by atoms with E-state index in [4.69, 9.17) is 0 Å². The van der Waals surface area contributed by atoms with Gasteiger partial charge in [0.25, 0.3) is 11.8 Å². The van der Waals surface area contributed by atoms with Crippen molar-refractivity contribution in [3.8, 4) is 0 Å². The third kappa shape index (κ3) is 4.12. The Labute approximate surface area is 137 Å². The van der Waals surface area contributed by atoms with Gasteiger partial charge in [-0.2, -0.15) is 0 Å². The molecule has 0 bridgehead atoms.